The van der Waals surface area contributed by atoms with E-state index in [1.807, 2.05) is 0 Å². The third-order valence-corrected chi connectivity index (χ3v) is 5.14. The maximum Gasteiger partial charge on any atom is 0.308 e. The monoisotopic (exact) mass is 354 g/mol. The summed E-state index contributed by atoms with van der Waals surface area (Å²) in [5.74, 6) is -0.0819. The lowest BCUT2D eigenvalue weighted by Crippen LogP contribution is -2.16. The van der Waals surface area contributed by atoms with Gasteiger partial charge in [0.05, 0.1) is 6.61 Å². The first-order valence-electron chi connectivity index (χ1n) is 11.1. The standard InChI is InChI=1S/C22H42O3/c1-2-3-4-5-6-7-8-9-10-11-12-13-14-15-16-18-21(23)25-22-19-17-20-24-22/h22H,2-20H2,1H3. The van der Waals surface area contributed by atoms with Gasteiger partial charge in [-0.3, -0.25) is 4.79 Å². The number of hydrogen-bond acceptors (Lipinski definition) is 3. The topological polar surface area (TPSA) is 35.5 Å². The van der Waals surface area contributed by atoms with Gasteiger partial charge < -0.3 is 9.47 Å². The van der Waals surface area contributed by atoms with Gasteiger partial charge >= 0.3 is 5.97 Å². The van der Waals surface area contributed by atoms with Gasteiger partial charge in [0.2, 0.25) is 6.29 Å². The number of unbranched alkanes of at least 4 members (excludes halogenated alkanes) is 14. The third kappa shape index (κ3) is 14.3. The Balaban J connectivity index is 1.71. The Morgan fingerprint density at radius 3 is 1.72 bits per heavy atom. The molecule has 0 aromatic rings. The van der Waals surface area contributed by atoms with Crippen molar-refractivity contribution in [3.05, 3.63) is 0 Å². The van der Waals surface area contributed by atoms with Crippen LogP contribution in [0.3, 0.4) is 0 Å². The fraction of sp³-hybridized carbons (Fsp3) is 0.955. The fourth-order valence-corrected chi connectivity index (χ4v) is 3.49. The van der Waals surface area contributed by atoms with Crippen LogP contribution >= 0.6 is 0 Å². The molecule has 1 rings (SSSR count). The van der Waals surface area contributed by atoms with Crippen molar-refractivity contribution in [2.45, 2.75) is 129 Å². The highest BCUT2D eigenvalue weighted by atomic mass is 16.7. The van der Waals surface area contributed by atoms with Crippen molar-refractivity contribution in [3.8, 4) is 0 Å². The second-order valence-electron chi connectivity index (χ2n) is 7.63. The molecule has 0 amide bonds. The first-order valence-corrected chi connectivity index (χ1v) is 11.1. The molecule has 0 bridgehead atoms. The van der Waals surface area contributed by atoms with Crippen LogP contribution in [0.1, 0.15) is 122 Å². The van der Waals surface area contributed by atoms with Crippen LogP contribution in [0.15, 0.2) is 0 Å². The summed E-state index contributed by atoms with van der Waals surface area (Å²) in [5.41, 5.74) is 0. The minimum absolute atomic E-state index is 0.0819. The van der Waals surface area contributed by atoms with Crippen LogP contribution in [-0.2, 0) is 14.3 Å². The van der Waals surface area contributed by atoms with Crippen LogP contribution in [0.5, 0.6) is 0 Å². The molecule has 0 spiro atoms. The number of ether oxygens (including phenoxy) is 2. The Labute approximate surface area is 156 Å². The van der Waals surface area contributed by atoms with Crippen molar-refractivity contribution >= 4 is 5.97 Å². The quantitative estimate of drug-likeness (QED) is 0.210. The number of carbonyl (C=O) groups is 1. The molecule has 1 heterocycles. The van der Waals surface area contributed by atoms with E-state index in [1.54, 1.807) is 0 Å². The number of hydrogen-bond donors (Lipinski definition) is 0. The average molecular weight is 355 g/mol. The molecular weight excluding hydrogens is 312 g/mol. The zero-order valence-electron chi connectivity index (χ0n) is 16.7. The van der Waals surface area contributed by atoms with E-state index in [2.05, 4.69) is 6.92 Å². The first-order chi connectivity index (χ1) is 12.3. The van der Waals surface area contributed by atoms with Crippen molar-refractivity contribution in [2.75, 3.05) is 6.61 Å². The third-order valence-electron chi connectivity index (χ3n) is 5.14. The molecule has 0 aromatic heterocycles. The first kappa shape index (κ1) is 22.5. The van der Waals surface area contributed by atoms with E-state index in [-0.39, 0.29) is 12.3 Å². The van der Waals surface area contributed by atoms with Gasteiger partial charge in [-0.05, 0) is 12.8 Å². The Hall–Kier alpha value is -0.570. The molecular formula is C22H42O3. The molecule has 1 saturated heterocycles. The molecule has 1 unspecified atom stereocenters. The number of rotatable bonds is 17. The fourth-order valence-electron chi connectivity index (χ4n) is 3.49. The van der Waals surface area contributed by atoms with E-state index in [0.717, 1.165) is 32.3 Å². The molecule has 1 fully saturated rings. The van der Waals surface area contributed by atoms with Gasteiger partial charge in [-0.1, -0.05) is 96.8 Å². The van der Waals surface area contributed by atoms with Crippen molar-refractivity contribution < 1.29 is 14.3 Å². The molecule has 0 radical (unpaired) electrons. The van der Waals surface area contributed by atoms with Gasteiger partial charge in [0.1, 0.15) is 0 Å². The molecule has 3 heteroatoms. The van der Waals surface area contributed by atoms with Crippen molar-refractivity contribution in [1.29, 1.82) is 0 Å². The lowest BCUT2D eigenvalue weighted by Gasteiger charge is -2.10. The van der Waals surface area contributed by atoms with Gasteiger partial charge in [-0.15, -0.1) is 0 Å². The van der Waals surface area contributed by atoms with Crippen LogP contribution in [-0.4, -0.2) is 18.9 Å². The second-order valence-corrected chi connectivity index (χ2v) is 7.63. The highest BCUT2D eigenvalue weighted by Gasteiger charge is 2.19. The molecule has 0 N–H and O–H groups in total. The summed E-state index contributed by atoms with van der Waals surface area (Å²) in [6, 6.07) is 0. The molecule has 0 aliphatic carbocycles. The largest absolute Gasteiger partial charge is 0.436 e. The number of esters is 1. The predicted molar refractivity (Wildman–Crippen MR) is 105 cm³/mol. The summed E-state index contributed by atoms with van der Waals surface area (Å²) < 4.78 is 10.6. The van der Waals surface area contributed by atoms with Crippen molar-refractivity contribution in [3.63, 3.8) is 0 Å². The van der Waals surface area contributed by atoms with Gasteiger partial charge in [-0.2, -0.15) is 0 Å². The van der Waals surface area contributed by atoms with Gasteiger partial charge in [0.15, 0.2) is 0 Å². The van der Waals surface area contributed by atoms with E-state index >= 15 is 0 Å². The average Bonchev–Trinajstić information content (AvgIpc) is 3.11. The van der Waals surface area contributed by atoms with Gasteiger partial charge in [-0.25, -0.2) is 0 Å². The number of carbonyl (C=O) groups excluding carboxylic acids is 1. The van der Waals surface area contributed by atoms with E-state index in [4.69, 9.17) is 9.47 Å². The van der Waals surface area contributed by atoms with Crippen LogP contribution in [0.4, 0.5) is 0 Å². The van der Waals surface area contributed by atoms with Crippen LogP contribution in [0.25, 0.3) is 0 Å². The van der Waals surface area contributed by atoms with Crippen LogP contribution < -0.4 is 0 Å². The lowest BCUT2D eigenvalue weighted by atomic mass is 10.0. The van der Waals surface area contributed by atoms with E-state index in [0.29, 0.717) is 6.42 Å². The highest BCUT2D eigenvalue weighted by Crippen LogP contribution is 2.16. The molecule has 3 nitrogen and oxygen atoms in total. The SMILES string of the molecule is CCCCCCCCCCCCCCCCCC(=O)OC1CCCO1. The maximum absolute atomic E-state index is 11.6. The zero-order chi connectivity index (χ0) is 18.0. The second kappa shape index (κ2) is 16.9. The molecule has 1 aliphatic rings. The summed E-state index contributed by atoms with van der Waals surface area (Å²) >= 11 is 0. The van der Waals surface area contributed by atoms with Gasteiger partial charge in [0.25, 0.3) is 0 Å². The van der Waals surface area contributed by atoms with Crippen molar-refractivity contribution in [1.82, 2.24) is 0 Å². The van der Waals surface area contributed by atoms with Gasteiger partial charge in [0, 0.05) is 12.8 Å². The Bertz CT molecular complexity index is 298. The Kier molecular flexibility index (Phi) is 15.2. The summed E-state index contributed by atoms with van der Waals surface area (Å²) in [5, 5.41) is 0. The van der Waals surface area contributed by atoms with E-state index < -0.39 is 0 Å². The minimum atomic E-state index is -0.260. The molecule has 148 valence electrons. The smallest absolute Gasteiger partial charge is 0.308 e. The molecule has 1 aliphatic heterocycles. The molecule has 0 saturated carbocycles. The van der Waals surface area contributed by atoms with Crippen LogP contribution in [0.2, 0.25) is 0 Å². The molecule has 1 atom stereocenters. The van der Waals surface area contributed by atoms with Crippen LogP contribution in [0, 0.1) is 0 Å². The minimum Gasteiger partial charge on any atom is -0.436 e. The zero-order valence-corrected chi connectivity index (χ0v) is 16.7. The van der Waals surface area contributed by atoms with Crippen molar-refractivity contribution in [2.24, 2.45) is 0 Å². The maximum atomic E-state index is 11.6. The Morgan fingerprint density at radius 2 is 1.28 bits per heavy atom. The summed E-state index contributed by atoms with van der Waals surface area (Å²) in [6.45, 7) is 3.01. The summed E-state index contributed by atoms with van der Waals surface area (Å²) in [4.78, 5) is 11.6. The lowest BCUT2D eigenvalue weighted by molar-refractivity contribution is -0.169. The normalized spacial score (nSPS) is 17.1. The summed E-state index contributed by atoms with van der Waals surface area (Å²) in [7, 11) is 0. The predicted octanol–water partition coefficient (Wildman–Crippen LogP) is 6.93. The highest BCUT2D eigenvalue weighted by molar-refractivity contribution is 5.69. The van der Waals surface area contributed by atoms with E-state index in [1.165, 1.54) is 83.5 Å². The molecule has 0 aromatic carbocycles. The Morgan fingerprint density at radius 1 is 0.800 bits per heavy atom. The molecule has 25 heavy (non-hydrogen) atoms. The van der Waals surface area contributed by atoms with E-state index in [9.17, 15) is 4.79 Å². The summed E-state index contributed by atoms with van der Waals surface area (Å²) in [6.07, 6.45) is 22.4.